The van der Waals surface area contributed by atoms with Crippen LogP contribution in [0.15, 0.2) is 12.1 Å². The quantitative estimate of drug-likeness (QED) is 0.843. The molecule has 2 aliphatic rings. The maximum Gasteiger partial charge on any atom is 0.123 e. The largest absolute Gasteiger partial charge is 0.508 e. The number of hydrogen-bond donors (Lipinski definition) is 2. The molecule has 1 aliphatic carbocycles. The lowest BCUT2D eigenvalue weighted by molar-refractivity contribution is 0.154. The summed E-state index contributed by atoms with van der Waals surface area (Å²) in [5.41, 5.74) is 0.857. The molecule has 0 bridgehead atoms. The lowest BCUT2D eigenvalue weighted by atomic mass is 9.98. The first-order valence-corrected chi connectivity index (χ1v) is 7.55. The van der Waals surface area contributed by atoms with Crippen LogP contribution in [0.5, 0.6) is 5.75 Å². The van der Waals surface area contributed by atoms with E-state index < -0.39 is 0 Å². The summed E-state index contributed by atoms with van der Waals surface area (Å²) in [5, 5.41) is 14.7. The fourth-order valence-electron chi connectivity index (χ4n) is 2.95. The van der Waals surface area contributed by atoms with Gasteiger partial charge in [0, 0.05) is 42.8 Å². The van der Waals surface area contributed by atoms with Crippen molar-refractivity contribution in [2.75, 3.05) is 26.2 Å². The zero-order valence-electron chi connectivity index (χ0n) is 11.5. The van der Waals surface area contributed by atoms with Crippen LogP contribution in [0.3, 0.4) is 0 Å². The molecule has 3 rings (SSSR count). The van der Waals surface area contributed by atoms with E-state index in [9.17, 15) is 5.11 Å². The van der Waals surface area contributed by atoms with Gasteiger partial charge in [-0.15, -0.1) is 24.8 Å². The third-order valence-electron chi connectivity index (χ3n) is 3.98. The molecule has 1 atom stereocenters. The van der Waals surface area contributed by atoms with Crippen molar-refractivity contribution >= 4 is 48.0 Å². The molecule has 2 N–H and O–H groups in total. The summed E-state index contributed by atoms with van der Waals surface area (Å²) in [7, 11) is 0. The van der Waals surface area contributed by atoms with E-state index in [1.54, 1.807) is 12.1 Å². The Hall–Kier alpha value is 0.1000. The van der Waals surface area contributed by atoms with E-state index in [1.807, 2.05) is 0 Å². The highest BCUT2D eigenvalue weighted by atomic mass is 35.5. The lowest BCUT2D eigenvalue weighted by Crippen LogP contribution is -2.45. The summed E-state index contributed by atoms with van der Waals surface area (Å²) >= 11 is 12.3. The van der Waals surface area contributed by atoms with Gasteiger partial charge in [0.25, 0.3) is 0 Å². The lowest BCUT2D eigenvalue weighted by Gasteiger charge is -2.36. The van der Waals surface area contributed by atoms with Gasteiger partial charge in [-0.1, -0.05) is 23.2 Å². The molecule has 21 heavy (non-hydrogen) atoms. The van der Waals surface area contributed by atoms with Crippen LogP contribution in [0, 0.1) is 5.92 Å². The average Bonchev–Trinajstić information content (AvgIpc) is 3.18. The Morgan fingerprint density at radius 2 is 1.76 bits per heavy atom. The Morgan fingerprint density at radius 3 is 2.29 bits per heavy atom. The molecule has 1 aromatic carbocycles. The van der Waals surface area contributed by atoms with Crippen molar-refractivity contribution in [3.63, 3.8) is 0 Å². The van der Waals surface area contributed by atoms with Crippen LogP contribution in [0.25, 0.3) is 0 Å². The Balaban J connectivity index is 0.00000110. The van der Waals surface area contributed by atoms with Gasteiger partial charge in [-0.05, 0) is 30.9 Å². The van der Waals surface area contributed by atoms with Gasteiger partial charge >= 0.3 is 0 Å². The predicted molar refractivity (Wildman–Crippen MR) is 92.5 cm³/mol. The molecule has 0 amide bonds. The van der Waals surface area contributed by atoms with Gasteiger partial charge in [-0.2, -0.15) is 0 Å². The van der Waals surface area contributed by atoms with Crippen LogP contribution in [-0.2, 0) is 0 Å². The minimum absolute atomic E-state index is 0. The SMILES string of the molecule is Cl.Cl.Oc1cc(Cl)cc(Cl)c1[C@H](C1CC1)N1CCNCC1. The number of piperazine rings is 1. The van der Waals surface area contributed by atoms with E-state index in [2.05, 4.69) is 10.2 Å². The van der Waals surface area contributed by atoms with Crippen molar-refractivity contribution in [1.29, 1.82) is 0 Å². The van der Waals surface area contributed by atoms with Gasteiger partial charge in [0.1, 0.15) is 5.75 Å². The second-order valence-corrected chi connectivity index (χ2v) is 6.23. The average molecular weight is 374 g/mol. The monoisotopic (exact) mass is 372 g/mol. The highest BCUT2D eigenvalue weighted by Gasteiger charge is 2.39. The Labute approximate surface area is 147 Å². The van der Waals surface area contributed by atoms with Gasteiger partial charge < -0.3 is 10.4 Å². The van der Waals surface area contributed by atoms with Crippen molar-refractivity contribution in [2.45, 2.75) is 18.9 Å². The van der Waals surface area contributed by atoms with E-state index in [0.717, 1.165) is 31.7 Å². The number of phenols is 1. The number of aromatic hydroxyl groups is 1. The minimum atomic E-state index is 0. The normalized spacial score (nSPS) is 20.3. The van der Waals surface area contributed by atoms with Crippen LogP contribution in [0.2, 0.25) is 10.0 Å². The van der Waals surface area contributed by atoms with Gasteiger partial charge in [0.2, 0.25) is 0 Å². The summed E-state index contributed by atoms with van der Waals surface area (Å²) in [5.74, 6) is 0.843. The Morgan fingerprint density at radius 1 is 1.14 bits per heavy atom. The van der Waals surface area contributed by atoms with Crippen LogP contribution in [0.1, 0.15) is 24.4 Å². The van der Waals surface area contributed by atoms with Crippen molar-refractivity contribution in [3.05, 3.63) is 27.7 Å². The standard InChI is InChI=1S/C14H18Cl2N2O.2ClH/c15-10-7-11(16)13(12(19)8-10)14(9-1-2-9)18-5-3-17-4-6-18;;/h7-9,14,17,19H,1-6H2;2*1H/t14-;;/m0../s1. The molecule has 1 heterocycles. The molecule has 120 valence electrons. The third-order valence-corrected chi connectivity index (χ3v) is 4.51. The molecule has 3 nitrogen and oxygen atoms in total. The van der Waals surface area contributed by atoms with Gasteiger partial charge in [0.05, 0.1) is 5.02 Å². The molecule has 0 aromatic heterocycles. The van der Waals surface area contributed by atoms with E-state index in [1.165, 1.54) is 12.8 Å². The number of halogens is 4. The van der Waals surface area contributed by atoms with Gasteiger partial charge in [-0.25, -0.2) is 0 Å². The molecule has 1 saturated heterocycles. The second kappa shape index (κ2) is 8.09. The predicted octanol–water partition coefficient (Wildman–Crippen LogP) is 3.90. The highest BCUT2D eigenvalue weighted by Crippen LogP contribution is 2.49. The number of phenolic OH excluding ortho intramolecular Hbond substituents is 1. The first kappa shape index (κ1) is 19.1. The van der Waals surface area contributed by atoms with E-state index in [0.29, 0.717) is 16.0 Å². The highest BCUT2D eigenvalue weighted by molar-refractivity contribution is 6.35. The number of nitrogens with zero attached hydrogens (tertiary/aromatic N) is 1. The number of rotatable bonds is 3. The first-order chi connectivity index (χ1) is 9.16. The number of hydrogen-bond acceptors (Lipinski definition) is 3. The molecular formula is C14H20Cl4N2O. The van der Waals surface area contributed by atoms with Gasteiger partial charge in [-0.3, -0.25) is 4.90 Å². The molecule has 0 unspecified atom stereocenters. The molecular weight excluding hydrogens is 354 g/mol. The fraction of sp³-hybridized carbons (Fsp3) is 0.571. The van der Waals surface area contributed by atoms with Crippen molar-refractivity contribution in [2.24, 2.45) is 5.92 Å². The van der Waals surface area contributed by atoms with E-state index in [4.69, 9.17) is 23.2 Å². The summed E-state index contributed by atoms with van der Waals surface area (Å²) < 4.78 is 0. The first-order valence-electron chi connectivity index (χ1n) is 6.79. The maximum atomic E-state index is 10.2. The fourth-order valence-corrected chi connectivity index (χ4v) is 3.55. The molecule has 1 saturated carbocycles. The molecule has 1 aliphatic heterocycles. The topological polar surface area (TPSA) is 35.5 Å². The summed E-state index contributed by atoms with van der Waals surface area (Å²) in [6, 6.07) is 3.56. The van der Waals surface area contributed by atoms with E-state index in [-0.39, 0.29) is 36.6 Å². The summed E-state index contributed by atoms with van der Waals surface area (Å²) in [6.45, 7) is 3.99. The van der Waals surface area contributed by atoms with Crippen LogP contribution >= 0.6 is 48.0 Å². The van der Waals surface area contributed by atoms with Crippen molar-refractivity contribution in [3.8, 4) is 5.75 Å². The molecule has 2 fully saturated rings. The number of nitrogens with one attached hydrogen (secondary N) is 1. The summed E-state index contributed by atoms with van der Waals surface area (Å²) in [4.78, 5) is 2.43. The van der Waals surface area contributed by atoms with Gasteiger partial charge in [0.15, 0.2) is 0 Å². The Bertz CT molecular complexity index is 453. The van der Waals surface area contributed by atoms with Crippen LogP contribution in [0.4, 0.5) is 0 Å². The molecule has 0 radical (unpaired) electrons. The Kier molecular flexibility index (Phi) is 7.38. The third kappa shape index (κ3) is 4.31. The number of benzene rings is 1. The smallest absolute Gasteiger partial charge is 0.123 e. The van der Waals surface area contributed by atoms with Crippen LogP contribution < -0.4 is 5.32 Å². The van der Waals surface area contributed by atoms with Crippen molar-refractivity contribution in [1.82, 2.24) is 10.2 Å². The van der Waals surface area contributed by atoms with E-state index >= 15 is 0 Å². The zero-order valence-corrected chi connectivity index (χ0v) is 14.7. The molecule has 1 aromatic rings. The molecule has 0 spiro atoms. The second-order valence-electron chi connectivity index (χ2n) is 5.39. The van der Waals surface area contributed by atoms with Crippen molar-refractivity contribution < 1.29 is 5.11 Å². The maximum absolute atomic E-state index is 10.2. The van der Waals surface area contributed by atoms with Crippen LogP contribution in [-0.4, -0.2) is 36.2 Å². The minimum Gasteiger partial charge on any atom is -0.508 e. The summed E-state index contributed by atoms with van der Waals surface area (Å²) in [6.07, 6.45) is 2.43. The molecule has 7 heteroatoms. The zero-order chi connectivity index (χ0) is 13.4.